The lowest BCUT2D eigenvalue weighted by Gasteiger charge is -2.29. The van der Waals surface area contributed by atoms with Crippen LogP contribution in [0.1, 0.15) is 37.0 Å². The molecule has 0 aliphatic carbocycles. The number of hydrogen-bond acceptors (Lipinski definition) is 3. The number of nitrogens with one attached hydrogen (secondary N) is 1. The fourth-order valence-electron chi connectivity index (χ4n) is 3.36. The third kappa shape index (κ3) is 3.85. The molecule has 0 bridgehead atoms. The summed E-state index contributed by atoms with van der Waals surface area (Å²) in [7, 11) is 0. The summed E-state index contributed by atoms with van der Waals surface area (Å²) in [6.45, 7) is 5.96. The number of carbonyl (C=O) groups excluding carboxylic acids is 1. The minimum absolute atomic E-state index is 0. The van der Waals surface area contributed by atoms with Crippen LogP contribution in [0.15, 0.2) is 49.2 Å². The molecule has 122 valence electrons. The SMILES string of the molecule is C.C=CC1CNCCC1CCC(=O)c1ccnc2ccccc12. The molecule has 1 aliphatic heterocycles. The molecule has 1 N–H and O–H groups in total. The lowest BCUT2D eigenvalue weighted by atomic mass is 9.82. The number of para-hydroxylation sites is 1. The normalized spacial score (nSPS) is 20.7. The minimum Gasteiger partial charge on any atom is -0.316 e. The quantitative estimate of drug-likeness (QED) is 0.663. The van der Waals surface area contributed by atoms with Crippen molar-refractivity contribution in [3.8, 4) is 0 Å². The van der Waals surface area contributed by atoms with Crippen molar-refractivity contribution in [2.24, 2.45) is 11.8 Å². The Morgan fingerprint density at radius 1 is 1.35 bits per heavy atom. The van der Waals surface area contributed by atoms with Gasteiger partial charge in [0, 0.05) is 30.1 Å². The molecule has 2 unspecified atom stereocenters. The van der Waals surface area contributed by atoms with E-state index in [1.807, 2.05) is 36.4 Å². The zero-order valence-corrected chi connectivity index (χ0v) is 12.8. The Morgan fingerprint density at radius 2 is 2.17 bits per heavy atom. The summed E-state index contributed by atoms with van der Waals surface area (Å²) >= 11 is 0. The van der Waals surface area contributed by atoms with Crippen LogP contribution in [0.5, 0.6) is 0 Å². The fraction of sp³-hybridized carbons (Fsp3) is 0.400. The van der Waals surface area contributed by atoms with Crippen LogP contribution in [0, 0.1) is 11.8 Å². The Hall–Kier alpha value is -2.00. The highest BCUT2D eigenvalue weighted by Crippen LogP contribution is 2.26. The van der Waals surface area contributed by atoms with E-state index in [2.05, 4.69) is 16.9 Å². The van der Waals surface area contributed by atoms with Crippen molar-refractivity contribution in [2.45, 2.75) is 26.7 Å². The number of Topliss-reactive ketones (excluding diaryl/α,β-unsaturated/α-hetero) is 1. The molecule has 0 amide bonds. The van der Waals surface area contributed by atoms with Crippen molar-refractivity contribution in [2.75, 3.05) is 13.1 Å². The first-order valence-corrected chi connectivity index (χ1v) is 8.00. The van der Waals surface area contributed by atoms with Gasteiger partial charge in [-0.3, -0.25) is 9.78 Å². The van der Waals surface area contributed by atoms with Crippen molar-refractivity contribution < 1.29 is 4.79 Å². The van der Waals surface area contributed by atoms with Gasteiger partial charge in [0.05, 0.1) is 5.52 Å². The van der Waals surface area contributed by atoms with Gasteiger partial charge in [0.2, 0.25) is 0 Å². The van der Waals surface area contributed by atoms with Gasteiger partial charge < -0.3 is 5.32 Å². The van der Waals surface area contributed by atoms with Crippen LogP contribution in [0.2, 0.25) is 0 Å². The first kappa shape index (κ1) is 17.4. The number of nitrogens with zero attached hydrogens (tertiary/aromatic N) is 1. The second-order valence-corrected chi connectivity index (χ2v) is 5.99. The zero-order chi connectivity index (χ0) is 15.4. The molecule has 23 heavy (non-hydrogen) atoms. The maximum absolute atomic E-state index is 12.6. The topological polar surface area (TPSA) is 42.0 Å². The summed E-state index contributed by atoms with van der Waals surface area (Å²) in [4.78, 5) is 17.0. The molecule has 3 heteroatoms. The van der Waals surface area contributed by atoms with E-state index in [0.29, 0.717) is 18.3 Å². The smallest absolute Gasteiger partial charge is 0.163 e. The predicted octanol–water partition coefficient (Wildman–Crippen LogP) is 4.25. The first-order valence-electron chi connectivity index (χ1n) is 8.00. The van der Waals surface area contributed by atoms with Gasteiger partial charge in [0.1, 0.15) is 0 Å². The van der Waals surface area contributed by atoms with E-state index in [1.54, 1.807) is 6.20 Å². The number of aromatic nitrogens is 1. The molecule has 2 atom stereocenters. The number of rotatable bonds is 5. The number of hydrogen-bond donors (Lipinski definition) is 1. The van der Waals surface area contributed by atoms with E-state index in [0.717, 1.165) is 42.4 Å². The molecule has 3 nitrogen and oxygen atoms in total. The van der Waals surface area contributed by atoms with Crippen LogP contribution >= 0.6 is 0 Å². The molecule has 0 spiro atoms. The zero-order valence-electron chi connectivity index (χ0n) is 12.8. The Balaban J connectivity index is 0.00000192. The van der Waals surface area contributed by atoms with Crippen LogP contribution in [0.3, 0.4) is 0 Å². The average Bonchev–Trinajstić information content (AvgIpc) is 2.59. The van der Waals surface area contributed by atoms with Crippen LogP contribution in [0.4, 0.5) is 0 Å². The highest BCUT2D eigenvalue weighted by Gasteiger charge is 2.23. The number of pyridine rings is 1. The molecule has 1 aromatic carbocycles. The second-order valence-electron chi connectivity index (χ2n) is 5.99. The van der Waals surface area contributed by atoms with Gasteiger partial charge in [0.15, 0.2) is 5.78 Å². The molecule has 2 heterocycles. The fourth-order valence-corrected chi connectivity index (χ4v) is 3.36. The third-order valence-corrected chi connectivity index (χ3v) is 4.67. The summed E-state index contributed by atoms with van der Waals surface area (Å²) in [5, 5.41) is 4.35. The Labute approximate surface area is 138 Å². The summed E-state index contributed by atoms with van der Waals surface area (Å²) in [5.41, 5.74) is 1.69. The molecule has 1 aliphatic rings. The van der Waals surface area contributed by atoms with Crippen LogP contribution in [0.25, 0.3) is 10.9 Å². The lowest BCUT2D eigenvalue weighted by Crippen LogP contribution is -2.35. The van der Waals surface area contributed by atoms with Gasteiger partial charge in [-0.25, -0.2) is 0 Å². The van der Waals surface area contributed by atoms with E-state index in [-0.39, 0.29) is 13.2 Å². The summed E-state index contributed by atoms with van der Waals surface area (Å²) in [5.74, 6) is 1.27. The van der Waals surface area contributed by atoms with Crippen molar-refractivity contribution in [1.82, 2.24) is 10.3 Å². The molecule has 3 rings (SSSR count). The van der Waals surface area contributed by atoms with Crippen molar-refractivity contribution in [3.05, 3.63) is 54.7 Å². The van der Waals surface area contributed by atoms with Crippen LogP contribution in [-0.2, 0) is 0 Å². The van der Waals surface area contributed by atoms with Crippen LogP contribution < -0.4 is 5.32 Å². The average molecular weight is 310 g/mol. The van der Waals surface area contributed by atoms with Gasteiger partial charge in [-0.05, 0) is 43.4 Å². The molecule has 0 saturated carbocycles. The van der Waals surface area contributed by atoms with Gasteiger partial charge in [-0.2, -0.15) is 0 Å². The maximum atomic E-state index is 12.6. The molecular weight excluding hydrogens is 284 g/mol. The number of benzene rings is 1. The largest absolute Gasteiger partial charge is 0.316 e. The molecule has 1 saturated heterocycles. The van der Waals surface area contributed by atoms with Crippen molar-refractivity contribution in [1.29, 1.82) is 0 Å². The lowest BCUT2D eigenvalue weighted by molar-refractivity contribution is 0.0968. The number of ketones is 1. The number of carbonyl (C=O) groups is 1. The van der Waals surface area contributed by atoms with Crippen LogP contribution in [-0.4, -0.2) is 23.9 Å². The highest BCUT2D eigenvalue weighted by atomic mass is 16.1. The van der Waals surface area contributed by atoms with E-state index < -0.39 is 0 Å². The van der Waals surface area contributed by atoms with Gasteiger partial charge in [0.25, 0.3) is 0 Å². The minimum atomic E-state index is 0. The van der Waals surface area contributed by atoms with Crippen molar-refractivity contribution in [3.63, 3.8) is 0 Å². The van der Waals surface area contributed by atoms with E-state index in [9.17, 15) is 4.79 Å². The molecule has 2 aromatic rings. The molecular formula is C20H26N2O. The van der Waals surface area contributed by atoms with E-state index >= 15 is 0 Å². The Kier molecular flexibility index (Phi) is 6.05. The summed E-state index contributed by atoms with van der Waals surface area (Å²) in [6.07, 6.45) is 6.42. The monoisotopic (exact) mass is 310 g/mol. The number of fused-ring (bicyclic) bond motifs is 1. The van der Waals surface area contributed by atoms with Gasteiger partial charge in [-0.1, -0.05) is 31.7 Å². The van der Waals surface area contributed by atoms with E-state index in [4.69, 9.17) is 0 Å². The van der Waals surface area contributed by atoms with Gasteiger partial charge >= 0.3 is 0 Å². The van der Waals surface area contributed by atoms with Gasteiger partial charge in [-0.15, -0.1) is 6.58 Å². The second kappa shape index (κ2) is 8.02. The summed E-state index contributed by atoms with van der Waals surface area (Å²) in [6, 6.07) is 9.69. The first-order chi connectivity index (χ1) is 10.8. The summed E-state index contributed by atoms with van der Waals surface area (Å²) < 4.78 is 0. The molecule has 1 fully saturated rings. The third-order valence-electron chi connectivity index (χ3n) is 4.67. The Bertz CT molecular complexity index is 675. The number of piperidine rings is 1. The van der Waals surface area contributed by atoms with E-state index in [1.165, 1.54) is 0 Å². The maximum Gasteiger partial charge on any atom is 0.163 e. The molecule has 1 aromatic heterocycles. The molecule has 0 radical (unpaired) electrons. The van der Waals surface area contributed by atoms with Crippen molar-refractivity contribution >= 4 is 16.7 Å². The Morgan fingerprint density at radius 3 is 3.00 bits per heavy atom. The highest BCUT2D eigenvalue weighted by molar-refractivity contribution is 6.07. The predicted molar refractivity (Wildman–Crippen MR) is 96.7 cm³/mol. The standard InChI is InChI=1S/C19H22N2O.CH4/c1-2-14-13-20-11-9-15(14)7-8-19(22)17-10-12-21-18-6-4-3-5-16(17)18;/h2-6,10,12,14-15,20H,1,7-9,11,13H2;1H4.